The molecule has 3 amide bonds. The molecule has 3 aliphatic heterocycles. The third-order valence-corrected chi connectivity index (χ3v) is 7.36. The maximum absolute atomic E-state index is 13.4. The molecule has 8 nitrogen and oxygen atoms in total. The SMILES string of the molecule is CN1CCN(CCNC(=O)c2ccc(CN3C(=O)[C@H]4CCCN4C(=O)c4ccccc43)cc2)CC1. The molecular weight excluding hydrogens is 442 g/mol. The zero-order valence-corrected chi connectivity index (χ0v) is 20.3. The average Bonchev–Trinajstić information content (AvgIpc) is 3.35. The highest BCUT2D eigenvalue weighted by Gasteiger charge is 2.41. The second-order valence-corrected chi connectivity index (χ2v) is 9.70. The van der Waals surface area contributed by atoms with Crippen molar-refractivity contribution in [3.8, 4) is 0 Å². The monoisotopic (exact) mass is 475 g/mol. The minimum Gasteiger partial charge on any atom is -0.351 e. The zero-order chi connectivity index (χ0) is 24.4. The highest BCUT2D eigenvalue weighted by atomic mass is 16.2. The Kier molecular flexibility index (Phi) is 6.83. The number of likely N-dealkylation sites (N-methyl/N-ethyl adjacent to an activating group) is 1. The van der Waals surface area contributed by atoms with E-state index in [4.69, 9.17) is 0 Å². The highest BCUT2D eigenvalue weighted by Crippen LogP contribution is 2.33. The van der Waals surface area contributed by atoms with Gasteiger partial charge in [0.2, 0.25) is 5.91 Å². The van der Waals surface area contributed by atoms with Crippen LogP contribution in [0.2, 0.25) is 0 Å². The normalized spacial score (nSPS) is 21.0. The fourth-order valence-corrected chi connectivity index (χ4v) is 5.22. The molecule has 3 aliphatic rings. The van der Waals surface area contributed by atoms with E-state index in [0.29, 0.717) is 42.9 Å². The first-order valence-corrected chi connectivity index (χ1v) is 12.5. The van der Waals surface area contributed by atoms with Gasteiger partial charge in [0.15, 0.2) is 0 Å². The molecule has 5 rings (SSSR count). The molecule has 0 bridgehead atoms. The summed E-state index contributed by atoms with van der Waals surface area (Å²) in [6, 6.07) is 14.3. The number of benzene rings is 2. The molecule has 3 heterocycles. The Labute approximate surface area is 206 Å². The number of hydrogen-bond donors (Lipinski definition) is 1. The van der Waals surface area contributed by atoms with Crippen LogP contribution in [0.1, 0.15) is 39.1 Å². The molecule has 0 aliphatic carbocycles. The van der Waals surface area contributed by atoms with Crippen molar-refractivity contribution in [1.82, 2.24) is 20.0 Å². The van der Waals surface area contributed by atoms with Crippen molar-refractivity contribution >= 4 is 23.4 Å². The van der Waals surface area contributed by atoms with Crippen LogP contribution in [0.3, 0.4) is 0 Å². The number of fused-ring (bicyclic) bond motifs is 2. The Morgan fingerprint density at radius 1 is 0.971 bits per heavy atom. The summed E-state index contributed by atoms with van der Waals surface area (Å²) >= 11 is 0. The number of piperazine rings is 1. The Balaban J connectivity index is 1.24. The Hall–Kier alpha value is -3.23. The van der Waals surface area contributed by atoms with Gasteiger partial charge >= 0.3 is 0 Å². The maximum Gasteiger partial charge on any atom is 0.256 e. The fourth-order valence-electron chi connectivity index (χ4n) is 5.22. The van der Waals surface area contributed by atoms with Gasteiger partial charge in [-0.25, -0.2) is 0 Å². The molecule has 8 heteroatoms. The Bertz CT molecular complexity index is 1090. The summed E-state index contributed by atoms with van der Waals surface area (Å²) in [6.45, 7) is 6.64. The van der Waals surface area contributed by atoms with Gasteiger partial charge < -0.3 is 20.0 Å². The Morgan fingerprint density at radius 3 is 2.49 bits per heavy atom. The number of nitrogens with one attached hydrogen (secondary N) is 1. The predicted octanol–water partition coefficient (Wildman–Crippen LogP) is 1.82. The second-order valence-electron chi connectivity index (χ2n) is 9.70. The van der Waals surface area contributed by atoms with E-state index in [2.05, 4.69) is 22.2 Å². The average molecular weight is 476 g/mol. The summed E-state index contributed by atoms with van der Waals surface area (Å²) in [4.78, 5) is 47.3. The fraction of sp³-hybridized carbons (Fsp3) is 0.444. The van der Waals surface area contributed by atoms with E-state index in [-0.39, 0.29) is 17.7 Å². The molecule has 35 heavy (non-hydrogen) atoms. The van der Waals surface area contributed by atoms with Gasteiger partial charge in [-0.1, -0.05) is 24.3 Å². The molecule has 2 saturated heterocycles. The largest absolute Gasteiger partial charge is 0.351 e. The summed E-state index contributed by atoms with van der Waals surface area (Å²) < 4.78 is 0. The van der Waals surface area contributed by atoms with Gasteiger partial charge in [-0.15, -0.1) is 0 Å². The first-order valence-electron chi connectivity index (χ1n) is 12.5. The lowest BCUT2D eigenvalue weighted by Gasteiger charge is -2.32. The quantitative estimate of drug-likeness (QED) is 0.690. The van der Waals surface area contributed by atoms with E-state index in [1.54, 1.807) is 15.9 Å². The molecule has 1 atom stereocenters. The number of para-hydroxylation sites is 1. The van der Waals surface area contributed by atoms with Crippen molar-refractivity contribution in [2.75, 3.05) is 57.8 Å². The van der Waals surface area contributed by atoms with Gasteiger partial charge in [-0.05, 0) is 49.7 Å². The van der Waals surface area contributed by atoms with Gasteiger partial charge in [-0.3, -0.25) is 19.3 Å². The van der Waals surface area contributed by atoms with Crippen molar-refractivity contribution < 1.29 is 14.4 Å². The van der Waals surface area contributed by atoms with Crippen LogP contribution in [0, 0.1) is 0 Å². The molecule has 0 aromatic heterocycles. The van der Waals surface area contributed by atoms with Crippen molar-refractivity contribution in [3.63, 3.8) is 0 Å². The number of anilines is 1. The lowest BCUT2D eigenvalue weighted by Crippen LogP contribution is -2.46. The minimum atomic E-state index is -0.403. The maximum atomic E-state index is 13.4. The first kappa shape index (κ1) is 23.5. The van der Waals surface area contributed by atoms with Crippen LogP contribution in [0.4, 0.5) is 5.69 Å². The number of carbonyl (C=O) groups is 3. The number of rotatable bonds is 6. The second kappa shape index (κ2) is 10.2. The van der Waals surface area contributed by atoms with Gasteiger partial charge in [-0.2, -0.15) is 0 Å². The van der Waals surface area contributed by atoms with Gasteiger partial charge in [0.25, 0.3) is 11.8 Å². The van der Waals surface area contributed by atoms with E-state index in [9.17, 15) is 14.4 Å². The number of nitrogens with zero attached hydrogens (tertiary/aromatic N) is 4. The molecule has 0 saturated carbocycles. The van der Waals surface area contributed by atoms with Crippen LogP contribution in [-0.2, 0) is 11.3 Å². The van der Waals surface area contributed by atoms with Crippen molar-refractivity contribution in [1.29, 1.82) is 0 Å². The third-order valence-electron chi connectivity index (χ3n) is 7.36. The minimum absolute atomic E-state index is 0.0356. The van der Waals surface area contributed by atoms with E-state index in [1.165, 1.54) is 0 Å². The van der Waals surface area contributed by atoms with E-state index in [0.717, 1.165) is 44.7 Å². The van der Waals surface area contributed by atoms with Crippen LogP contribution in [0.15, 0.2) is 48.5 Å². The standard InChI is InChI=1S/C27H33N5O3/c1-29-15-17-30(18-16-29)14-12-28-25(33)21-10-8-20(9-11-21)19-32-23-6-3-2-5-22(23)26(34)31-13-4-7-24(31)27(32)35/h2-3,5-6,8-11,24H,4,7,12-19H2,1H3,(H,28,33)/t24-/m1/s1. The molecule has 2 aromatic rings. The van der Waals surface area contributed by atoms with Crippen LogP contribution in [0.25, 0.3) is 0 Å². The van der Waals surface area contributed by atoms with Crippen LogP contribution >= 0.6 is 0 Å². The predicted molar refractivity (Wildman–Crippen MR) is 134 cm³/mol. The summed E-state index contributed by atoms with van der Waals surface area (Å²) in [6.07, 6.45) is 1.54. The lowest BCUT2D eigenvalue weighted by molar-refractivity contribution is -0.122. The van der Waals surface area contributed by atoms with E-state index in [1.807, 2.05) is 42.5 Å². The summed E-state index contributed by atoms with van der Waals surface area (Å²) in [7, 11) is 2.13. The van der Waals surface area contributed by atoms with Crippen molar-refractivity contribution in [3.05, 3.63) is 65.2 Å². The van der Waals surface area contributed by atoms with Crippen LogP contribution in [0.5, 0.6) is 0 Å². The van der Waals surface area contributed by atoms with Crippen LogP contribution < -0.4 is 10.2 Å². The third kappa shape index (κ3) is 4.94. The molecule has 0 radical (unpaired) electrons. The van der Waals surface area contributed by atoms with Gasteiger partial charge in [0.1, 0.15) is 6.04 Å². The van der Waals surface area contributed by atoms with E-state index < -0.39 is 6.04 Å². The summed E-state index contributed by atoms with van der Waals surface area (Å²) in [5, 5.41) is 3.01. The first-order chi connectivity index (χ1) is 17.0. The molecule has 2 aromatic carbocycles. The molecule has 2 fully saturated rings. The topological polar surface area (TPSA) is 76.2 Å². The highest BCUT2D eigenvalue weighted by molar-refractivity contribution is 6.11. The molecule has 0 unspecified atom stereocenters. The number of carbonyl (C=O) groups excluding carboxylic acids is 3. The summed E-state index contributed by atoms with van der Waals surface area (Å²) in [5.74, 6) is -0.192. The molecule has 1 N–H and O–H groups in total. The van der Waals surface area contributed by atoms with Crippen LogP contribution in [-0.4, -0.2) is 91.3 Å². The van der Waals surface area contributed by atoms with E-state index >= 15 is 0 Å². The number of amides is 3. The van der Waals surface area contributed by atoms with Gasteiger partial charge in [0, 0.05) is 51.4 Å². The molecule has 0 spiro atoms. The smallest absolute Gasteiger partial charge is 0.256 e. The lowest BCUT2D eigenvalue weighted by atomic mass is 10.1. The van der Waals surface area contributed by atoms with Gasteiger partial charge in [0.05, 0.1) is 17.8 Å². The zero-order valence-electron chi connectivity index (χ0n) is 20.3. The molecule has 184 valence electrons. The molecular formula is C27H33N5O3. The Morgan fingerprint density at radius 2 is 1.71 bits per heavy atom. The van der Waals surface area contributed by atoms with Crippen molar-refractivity contribution in [2.24, 2.45) is 0 Å². The summed E-state index contributed by atoms with van der Waals surface area (Å²) in [5.41, 5.74) is 2.75. The van der Waals surface area contributed by atoms with Crippen molar-refractivity contribution in [2.45, 2.75) is 25.4 Å². The number of hydrogen-bond acceptors (Lipinski definition) is 5.